The van der Waals surface area contributed by atoms with Gasteiger partial charge in [0.1, 0.15) is 18.6 Å². The number of carbonyl (C=O) groups is 4. The number of halogens is 1. The number of anilines is 1. The molecule has 1 saturated carbocycles. The van der Waals surface area contributed by atoms with Gasteiger partial charge in [0, 0.05) is 31.6 Å². The number of hydrogen-bond acceptors (Lipinski definition) is 9. The molecule has 2 N–H and O–H groups in total. The number of likely N-dealkylation sites (tertiary alicyclic amines) is 1. The van der Waals surface area contributed by atoms with Gasteiger partial charge < -0.3 is 34.2 Å². The number of hydrogen-bond donors (Lipinski definition) is 2. The van der Waals surface area contributed by atoms with Gasteiger partial charge >= 0.3 is 6.09 Å². The molecule has 0 radical (unpaired) electrons. The minimum absolute atomic E-state index is 0.0294. The zero-order valence-corrected chi connectivity index (χ0v) is 31.0. The van der Waals surface area contributed by atoms with Crippen LogP contribution in [-0.4, -0.2) is 87.1 Å². The quantitative estimate of drug-likeness (QED) is 0.215. The van der Waals surface area contributed by atoms with Gasteiger partial charge in [0.25, 0.3) is 0 Å². The van der Waals surface area contributed by atoms with E-state index in [1.54, 1.807) is 47.1 Å². The second kappa shape index (κ2) is 23.9. The lowest BCUT2D eigenvalue weighted by Gasteiger charge is -2.31. The van der Waals surface area contributed by atoms with Crippen molar-refractivity contribution in [3.05, 3.63) is 24.1 Å². The number of aldehydes is 2. The van der Waals surface area contributed by atoms with Gasteiger partial charge in [-0.25, -0.2) is 14.2 Å². The first-order valence-corrected chi connectivity index (χ1v) is 17.5. The summed E-state index contributed by atoms with van der Waals surface area (Å²) in [5.41, 5.74) is 0.352. The SMILES string of the molecule is CC1C(C2CCCCC2)CCN1C.CCC(C=O)CCCC(CF)NC(=O)OC(C)(C)C.COC.O=CNc1cnc2oc(C=O)cc2c1. The largest absolute Gasteiger partial charge is 0.444 e. The van der Waals surface area contributed by atoms with Gasteiger partial charge in [-0.2, -0.15) is 0 Å². The van der Waals surface area contributed by atoms with Crippen LogP contribution in [0, 0.1) is 17.8 Å². The Morgan fingerprint density at radius 1 is 1.12 bits per heavy atom. The Labute approximate surface area is 292 Å². The van der Waals surface area contributed by atoms with Crippen molar-refractivity contribution in [2.75, 3.05) is 39.8 Å². The Morgan fingerprint density at radius 3 is 2.31 bits per heavy atom. The van der Waals surface area contributed by atoms with Crippen LogP contribution in [0.2, 0.25) is 0 Å². The molecule has 3 heterocycles. The summed E-state index contributed by atoms with van der Waals surface area (Å²) in [6.45, 7) is 10.4. The average Bonchev–Trinajstić information content (AvgIpc) is 3.65. The first kappa shape index (κ1) is 43.6. The molecule has 0 aromatic carbocycles. The van der Waals surface area contributed by atoms with Gasteiger partial charge in [0.05, 0.1) is 17.9 Å². The molecule has 1 saturated heterocycles. The van der Waals surface area contributed by atoms with Gasteiger partial charge in [0.15, 0.2) is 12.0 Å². The molecule has 4 rings (SSSR count). The molecule has 2 aromatic rings. The number of alkyl halides is 1. The molecule has 2 fully saturated rings. The smallest absolute Gasteiger partial charge is 0.407 e. The normalized spacial score (nSPS) is 19.0. The lowest BCUT2D eigenvalue weighted by Crippen LogP contribution is -2.40. The fourth-order valence-electron chi connectivity index (χ4n) is 6.13. The van der Waals surface area contributed by atoms with Gasteiger partial charge in [0.2, 0.25) is 12.1 Å². The maximum absolute atomic E-state index is 12.8. The van der Waals surface area contributed by atoms with E-state index in [2.05, 4.69) is 39.2 Å². The van der Waals surface area contributed by atoms with E-state index >= 15 is 0 Å². The lowest BCUT2D eigenvalue weighted by molar-refractivity contribution is -0.111. The number of fused-ring (bicyclic) bond motifs is 1. The number of nitrogens with zero attached hydrogens (tertiary/aromatic N) is 2. The van der Waals surface area contributed by atoms with Crippen molar-refractivity contribution in [2.24, 2.45) is 17.8 Å². The van der Waals surface area contributed by atoms with Crippen LogP contribution >= 0.6 is 0 Å². The highest BCUT2D eigenvalue weighted by molar-refractivity contribution is 5.86. The van der Waals surface area contributed by atoms with Crippen molar-refractivity contribution in [2.45, 2.75) is 117 Å². The molecule has 2 aromatic heterocycles. The predicted molar refractivity (Wildman–Crippen MR) is 192 cm³/mol. The molecular formula is C37H61FN4O7. The highest BCUT2D eigenvalue weighted by atomic mass is 19.1. The zero-order chi connectivity index (χ0) is 36.8. The molecule has 278 valence electrons. The summed E-state index contributed by atoms with van der Waals surface area (Å²) >= 11 is 0. The monoisotopic (exact) mass is 692 g/mol. The molecule has 49 heavy (non-hydrogen) atoms. The van der Waals surface area contributed by atoms with Crippen LogP contribution in [-0.2, 0) is 19.1 Å². The molecule has 12 heteroatoms. The summed E-state index contributed by atoms with van der Waals surface area (Å²) < 4.78 is 27.2. The molecule has 0 bridgehead atoms. The number of furan rings is 1. The maximum Gasteiger partial charge on any atom is 0.407 e. The third-order valence-corrected chi connectivity index (χ3v) is 8.87. The zero-order valence-electron chi connectivity index (χ0n) is 31.0. The summed E-state index contributed by atoms with van der Waals surface area (Å²) in [6, 6.07) is 3.54. The second-order valence-corrected chi connectivity index (χ2v) is 13.9. The molecular weight excluding hydrogens is 631 g/mol. The van der Waals surface area contributed by atoms with Crippen molar-refractivity contribution in [1.29, 1.82) is 0 Å². The van der Waals surface area contributed by atoms with Crippen LogP contribution in [0.15, 0.2) is 22.7 Å². The first-order valence-electron chi connectivity index (χ1n) is 17.5. The van der Waals surface area contributed by atoms with E-state index in [4.69, 9.17) is 9.15 Å². The predicted octanol–water partition coefficient (Wildman–Crippen LogP) is 7.62. The molecule has 2 amide bonds. The van der Waals surface area contributed by atoms with E-state index < -0.39 is 24.4 Å². The van der Waals surface area contributed by atoms with Gasteiger partial charge in [-0.3, -0.25) is 9.59 Å². The first-order chi connectivity index (χ1) is 23.4. The third kappa shape index (κ3) is 17.2. The molecule has 0 spiro atoms. The standard InChI is InChI=1S/C14H26FNO3.C12H23N.C9H6N2O3.C2H6O/c1-5-11(10-17)7-6-8-12(9-15)16-13(18)19-14(2,3)4;1-10-12(8-9-13(10)2)11-6-4-3-5-7-11;12-4-8-2-6-1-7(11-5-13)3-10-9(6)14-8;1-3-2/h10-12H,5-9H2,1-4H3,(H,16,18);10-12H,3-9H2,1-2H3;1-5H,(H,11,13);1-2H3. The summed E-state index contributed by atoms with van der Waals surface area (Å²) in [6.07, 6.45) is 14.7. The van der Waals surface area contributed by atoms with Crippen LogP contribution in [0.5, 0.6) is 0 Å². The van der Waals surface area contributed by atoms with Crippen molar-refractivity contribution >= 4 is 41.9 Å². The fraction of sp³-hybridized carbons (Fsp3) is 0.703. The van der Waals surface area contributed by atoms with Crippen LogP contribution in [0.3, 0.4) is 0 Å². The number of aromatic nitrogens is 1. The summed E-state index contributed by atoms with van der Waals surface area (Å²) in [5, 5.41) is 5.64. The van der Waals surface area contributed by atoms with E-state index in [-0.39, 0.29) is 11.7 Å². The van der Waals surface area contributed by atoms with E-state index in [9.17, 15) is 23.6 Å². The Hall–Kier alpha value is -3.38. The number of nitrogens with one attached hydrogen (secondary N) is 2. The van der Waals surface area contributed by atoms with Gasteiger partial charge in [-0.05, 0) is 90.9 Å². The highest BCUT2D eigenvalue weighted by Crippen LogP contribution is 2.37. The minimum atomic E-state index is -0.628. The van der Waals surface area contributed by atoms with Crippen LogP contribution in [0.25, 0.3) is 11.1 Å². The Kier molecular flexibility index (Phi) is 21.3. The molecule has 1 aliphatic carbocycles. The van der Waals surface area contributed by atoms with E-state index in [1.807, 2.05) is 6.92 Å². The van der Waals surface area contributed by atoms with Gasteiger partial charge in [-0.1, -0.05) is 45.4 Å². The third-order valence-electron chi connectivity index (χ3n) is 8.87. The van der Waals surface area contributed by atoms with E-state index in [0.29, 0.717) is 42.3 Å². The highest BCUT2D eigenvalue weighted by Gasteiger charge is 2.34. The number of alkyl carbamates (subject to hydrolysis) is 1. The van der Waals surface area contributed by atoms with Crippen molar-refractivity contribution < 1.29 is 37.5 Å². The van der Waals surface area contributed by atoms with Crippen molar-refractivity contribution in [3.8, 4) is 0 Å². The number of methoxy groups -OCH3 is 1. The van der Waals surface area contributed by atoms with Crippen molar-refractivity contribution in [1.82, 2.24) is 15.2 Å². The maximum atomic E-state index is 12.8. The Bertz CT molecular complexity index is 1230. The lowest BCUT2D eigenvalue weighted by atomic mass is 9.77. The summed E-state index contributed by atoms with van der Waals surface area (Å²) in [4.78, 5) is 49.1. The number of rotatable bonds is 12. The van der Waals surface area contributed by atoms with Gasteiger partial charge in [-0.15, -0.1) is 0 Å². The van der Waals surface area contributed by atoms with Crippen LogP contribution in [0.1, 0.15) is 109 Å². The summed E-state index contributed by atoms with van der Waals surface area (Å²) in [5.74, 6) is 2.33. The molecule has 11 nitrogen and oxygen atoms in total. The molecule has 4 atom stereocenters. The minimum Gasteiger partial charge on any atom is -0.444 e. The fourth-order valence-corrected chi connectivity index (χ4v) is 6.13. The number of amides is 2. The van der Waals surface area contributed by atoms with Crippen molar-refractivity contribution in [3.63, 3.8) is 0 Å². The number of ether oxygens (including phenoxy) is 2. The topological polar surface area (TPSA) is 140 Å². The number of carbonyl (C=O) groups excluding carboxylic acids is 4. The summed E-state index contributed by atoms with van der Waals surface area (Å²) in [7, 11) is 5.54. The van der Waals surface area contributed by atoms with E-state index in [0.717, 1.165) is 37.0 Å². The number of pyridine rings is 1. The van der Waals surface area contributed by atoms with Crippen LogP contribution < -0.4 is 10.6 Å². The second-order valence-electron chi connectivity index (χ2n) is 13.9. The Balaban J connectivity index is 0.000000358. The van der Waals surface area contributed by atoms with E-state index in [1.165, 1.54) is 51.3 Å². The molecule has 4 unspecified atom stereocenters. The average molecular weight is 693 g/mol. The Morgan fingerprint density at radius 2 is 1.80 bits per heavy atom. The van der Waals surface area contributed by atoms with Crippen LogP contribution in [0.4, 0.5) is 14.9 Å². The molecule has 2 aliphatic rings. The molecule has 1 aliphatic heterocycles.